The molecule has 2 aromatic carbocycles. The van der Waals surface area contributed by atoms with Gasteiger partial charge in [-0.3, -0.25) is 4.79 Å². The third kappa shape index (κ3) is 4.28. The van der Waals surface area contributed by atoms with E-state index in [9.17, 15) is 4.79 Å². The van der Waals surface area contributed by atoms with Crippen molar-refractivity contribution in [2.45, 2.75) is 53.0 Å². The highest BCUT2D eigenvalue weighted by molar-refractivity contribution is 5.98. The van der Waals surface area contributed by atoms with Gasteiger partial charge in [0.05, 0.1) is 5.69 Å². The zero-order valence-corrected chi connectivity index (χ0v) is 18.3. The monoisotopic (exact) mass is 399 g/mol. The minimum atomic E-state index is 0.161. The third-order valence-corrected chi connectivity index (χ3v) is 5.91. The molecule has 0 unspecified atom stereocenters. The number of anilines is 1. The minimum Gasteiger partial charge on any atom is -0.366 e. The molecule has 1 aromatic heterocycles. The van der Waals surface area contributed by atoms with Gasteiger partial charge in [-0.25, -0.2) is 9.97 Å². The van der Waals surface area contributed by atoms with E-state index in [4.69, 9.17) is 0 Å². The lowest BCUT2D eigenvalue weighted by Gasteiger charge is -2.31. The summed E-state index contributed by atoms with van der Waals surface area (Å²) >= 11 is 0. The first-order chi connectivity index (χ1) is 14.4. The Morgan fingerprint density at radius 2 is 1.97 bits per heavy atom. The number of fused-ring (bicyclic) bond motifs is 1. The lowest BCUT2D eigenvalue weighted by atomic mass is 9.96. The number of nitrogens with zero attached hydrogens (tertiary/aromatic N) is 3. The standard InChI is InChI=1S/C26H29N3O/c1-17(2)21-7-5-6-20(12-21)13-26(30)22-9-8-18(3)25(14-22)29-11-10-24-23(16-29)15-27-19(4)28-24/h5-9,12,14-15,17H,10-11,13,16H2,1-4H3. The van der Waals surface area contributed by atoms with Gasteiger partial charge < -0.3 is 4.90 Å². The molecule has 30 heavy (non-hydrogen) atoms. The van der Waals surface area contributed by atoms with Gasteiger partial charge in [-0.15, -0.1) is 0 Å². The Kier molecular flexibility index (Phi) is 5.67. The van der Waals surface area contributed by atoms with Crippen molar-refractivity contribution in [3.05, 3.63) is 88.0 Å². The number of carbonyl (C=O) groups excluding carboxylic acids is 1. The molecule has 3 aromatic rings. The molecule has 0 fully saturated rings. The minimum absolute atomic E-state index is 0.161. The maximum absolute atomic E-state index is 13.0. The van der Waals surface area contributed by atoms with Gasteiger partial charge in [-0.2, -0.15) is 0 Å². The molecule has 0 radical (unpaired) electrons. The van der Waals surface area contributed by atoms with E-state index < -0.39 is 0 Å². The van der Waals surface area contributed by atoms with E-state index in [2.05, 4.69) is 59.9 Å². The maximum Gasteiger partial charge on any atom is 0.167 e. The Balaban J connectivity index is 1.55. The summed E-state index contributed by atoms with van der Waals surface area (Å²) < 4.78 is 0. The Labute approximate surface area is 179 Å². The summed E-state index contributed by atoms with van der Waals surface area (Å²) in [6.07, 6.45) is 3.27. The van der Waals surface area contributed by atoms with E-state index in [1.54, 1.807) is 0 Å². The van der Waals surface area contributed by atoms with Crippen LogP contribution in [0.5, 0.6) is 0 Å². The fourth-order valence-corrected chi connectivity index (χ4v) is 4.09. The van der Waals surface area contributed by atoms with E-state index in [0.29, 0.717) is 12.3 Å². The predicted octanol–water partition coefficient (Wildman–Crippen LogP) is 5.20. The van der Waals surface area contributed by atoms with Crippen molar-refractivity contribution in [3.8, 4) is 0 Å². The molecule has 0 amide bonds. The van der Waals surface area contributed by atoms with Crippen molar-refractivity contribution in [1.82, 2.24) is 9.97 Å². The van der Waals surface area contributed by atoms with Crippen LogP contribution in [-0.4, -0.2) is 22.3 Å². The van der Waals surface area contributed by atoms with Crippen molar-refractivity contribution in [3.63, 3.8) is 0 Å². The highest BCUT2D eigenvalue weighted by atomic mass is 16.1. The Hall–Kier alpha value is -3.01. The molecular weight excluding hydrogens is 370 g/mol. The molecule has 0 saturated carbocycles. The van der Waals surface area contributed by atoms with Gasteiger partial charge in [0.25, 0.3) is 0 Å². The molecule has 0 N–H and O–H groups in total. The van der Waals surface area contributed by atoms with Gasteiger partial charge in [-0.05, 0) is 42.5 Å². The van der Waals surface area contributed by atoms with Crippen LogP contribution in [-0.2, 0) is 19.4 Å². The molecule has 4 rings (SSSR count). The molecule has 4 heteroatoms. The van der Waals surface area contributed by atoms with E-state index in [1.165, 1.54) is 16.7 Å². The van der Waals surface area contributed by atoms with Crippen LogP contribution in [0.3, 0.4) is 0 Å². The molecule has 0 spiro atoms. The number of benzene rings is 2. The molecule has 0 bridgehead atoms. The number of ketones is 1. The average molecular weight is 400 g/mol. The summed E-state index contributed by atoms with van der Waals surface area (Å²) in [4.78, 5) is 24.3. The second-order valence-corrected chi connectivity index (χ2v) is 8.56. The van der Waals surface area contributed by atoms with Crippen molar-refractivity contribution in [1.29, 1.82) is 0 Å². The first kappa shape index (κ1) is 20.3. The predicted molar refractivity (Wildman–Crippen MR) is 121 cm³/mol. The normalized spacial score (nSPS) is 13.4. The van der Waals surface area contributed by atoms with Crippen LogP contribution in [0.4, 0.5) is 5.69 Å². The quantitative estimate of drug-likeness (QED) is 0.553. The highest BCUT2D eigenvalue weighted by Crippen LogP contribution is 2.28. The zero-order valence-electron chi connectivity index (χ0n) is 18.3. The van der Waals surface area contributed by atoms with Crippen molar-refractivity contribution in [2.24, 2.45) is 0 Å². The molecule has 4 nitrogen and oxygen atoms in total. The van der Waals surface area contributed by atoms with Gasteiger partial charge in [0.2, 0.25) is 0 Å². The van der Waals surface area contributed by atoms with Crippen LogP contribution >= 0.6 is 0 Å². The Morgan fingerprint density at radius 3 is 2.77 bits per heavy atom. The molecule has 0 saturated heterocycles. The first-order valence-electron chi connectivity index (χ1n) is 10.7. The SMILES string of the molecule is Cc1ncc2c(n1)CCN(c1cc(C(=O)Cc3cccc(C(C)C)c3)ccc1C)C2. The van der Waals surface area contributed by atoms with Crippen molar-refractivity contribution in [2.75, 3.05) is 11.4 Å². The first-order valence-corrected chi connectivity index (χ1v) is 10.7. The summed E-state index contributed by atoms with van der Waals surface area (Å²) in [6.45, 7) is 10.1. The molecular formula is C26H29N3O. The summed E-state index contributed by atoms with van der Waals surface area (Å²) in [5, 5.41) is 0. The molecule has 0 aliphatic carbocycles. The second-order valence-electron chi connectivity index (χ2n) is 8.56. The van der Waals surface area contributed by atoms with E-state index >= 15 is 0 Å². The van der Waals surface area contributed by atoms with E-state index in [1.807, 2.05) is 31.3 Å². The number of aryl methyl sites for hydroxylation is 2. The number of Topliss-reactive ketones (excluding diaryl/α,β-unsaturated/α-hetero) is 1. The van der Waals surface area contributed by atoms with Gasteiger partial charge in [-0.1, -0.05) is 50.2 Å². The highest BCUT2D eigenvalue weighted by Gasteiger charge is 2.20. The lowest BCUT2D eigenvalue weighted by Crippen LogP contribution is -2.32. The van der Waals surface area contributed by atoms with Gasteiger partial charge in [0.1, 0.15) is 5.82 Å². The number of aromatic nitrogens is 2. The largest absolute Gasteiger partial charge is 0.366 e. The van der Waals surface area contributed by atoms with Crippen LogP contribution < -0.4 is 4.90 Å². The zero-order chi connectivity index (χ0) is 21.3. The van der Waals surface area contributed by atoms with Gasteiger partial charge >= 0.3 is 0 Å². The fraction of sp³-hybridized carbons (Fsp3) is 0.346. The lowest BCUT2D eigenvalue weighted by molar-refractivity contribution is 0.0993. The van der Waals surface area contributed by atoms with Crippen LogP contribution in [0.1, 0.15) is 63.9 Å². The summed E-state index contributed by atoms with van der Waals surface area (Å²) in [5.41, 5.74) is 7.76. The fourth-order valence-electron chi connectivity index (χ4n) is 4.09. The molecule has 154 valence electrons. The average Bonchev–Trinajstić information content (AvgIpc) is 2.74. The summed E-state index contributed by atoms with van der Waals surface area (Å²) in [7, 11) is 0. The van der Waals surface area contributed by atoms with E-state index in [-0.39, 0.29) is 5.78 Å². The van der Waals surface area contributed by atoms with Crippen LogP contribution in [0.25, 0.3) is 0 Å². The second kappa shape index (κ2) is 8.39. The molecule has 1 aliphatic heterocycles. The third-order valence-electron chi connectivity index (χ3n) is 5.91. The van der Waals surface area contributed by atoms with Crippen LogP contribution in [0.15, 0.2) is 48.7 Å². The summed E-state index contributed by atoms with van der Waals surface area (Å²) in [6, 6.07) is 14.5. The van der Waals surface area contributed by atoms with Crippen LogP contribution in [0, 0.1) is 13.8 Å². The van der Waals surface area contributed by atoms with E-state index in [0.717, 1.165) is 47.8 Å². The molecule has 0 atom stereocenters. The Bertz CT molecular complexity index is 1090. The van der Waals surface area contributed by atoms with Crippen LogP contribution in [0.2, 0.25) is 0 Å². The number of hydrogen-bond donors (Lipinski definition) is 0. The molecule has 1 aliphatic rings. The number of hydrogen-bond acceptors (Lipinski definition) is 4. The molecule has 2 heterocycles. The Morgan fingerprint density at radius 1 is 1.13 bits per heavy atom. The summed E-state index contributed by atoms with van der Waals surface area (Å²) in [5.74, 6) is 1.45. The van der Waals surface area contributed by atoms with Crippen molar-refractivity contribution >= 4 is 11.5 Å². The number of rotatable bonds is 5. The topological polar surface area (TPSA) is 46.1 Å². The van der Waals surface area contributed by atoms with Crippen molar-refractivity contribution < 1.29 is 4.79 Å². The van der Waals surface area contributed by atoms with Gasteiger partial charge in [0.15, 0.2) is 5.78 Å². The smallest absolute Gasteiger partial charge is 0.167 e. The number of carbonyl (C=O) groups is 1. The maximum atomic E-state index is 13.0. The van der Waals surface area contributed by atoms with Gasteiger partial charge in [0, 0.05) is 48.9 Å².